The maximum absolute atomic E-state index is 10.7. The van der Waals surface area contributed by atoms with Crippen LogP contribution in [0.4, 0.5) is 0 Å². The number of carbonyl (C=O) groups is 1. The highest BCUT2D eigenvalue weighted by Gasteiger charge is 2.10. The first-order chi connectivity index (χ1) is 6.59. The fourth-order valence-corrected chi connectivity index (χ4v) is 1.42. The summed E-state index contributed by atoms with van der Waals surface area (Å²) in [4.78, 5) is 14.7. The van der Waals surface area contributed by atoms with E-state index in [4.69, 9.17) is 5.11 Å². The summed E-state index contributed by atoms with van der Waals surface area (Å²) in [6.45, 7) is 1.87. The number of rotatable bonds is 1. The van der Waals surface area contributed by atoms with E-state index < -0.39 is 5.97 Å². The van der Waals surface area contributed by atoms with Gasteiger partial charge in [-0.15, -0.1) is 0 Å². The summed E-state index contributed by atoms with van der Waals surface area (Å²) in [6.07, 6.45) is 0. The molecule has 1 N–H and O–H groups in total. The predicted molar refractivity (Wildman–Crippen MR) is 50.2 cm³/mol. The Balaban J connectivity index is 2.77. The average Bonchev–Trinajstić information content (AvgIpc) is 2.42. The lowest BCUT2D eigenvalue weighted by atomic mass is 10.2. The summed E-state index contributed by atoms with van der Waals surface area (Å²) >= 11 is 0. The number of hydrogen-bond donors (Lipinski definition) is 1. The summed E-state index contributed by atoms with van der Waals surface area (Å²) in [7, 11) is 1.74. The van der Waals surface area contributed by atoms with Crippen LogP contribution in [0.2, 0.25) is 0 Å². The van der Waals surface area contributed by atoms with E-state index in [9.17, 15) is 4.79 Å². The molecule has 0 amide bonds. The molecule has 5 nitrogen and oxygen atoms in total. The molecule has 0 bridgehead atoms. The fourth-order valence-electron chi connectivity index (χ4n) is 1.42. The number of aromatic nitrogens is 3. The number of nitrogens with zero attached hydrogens (tertiary/aromatic N) is 3. The Hall–Kier alpha value is -1.91. The number of aromatic carboxylic acids is 1. The number of carboxylic acids is 1. The fraction of sp³-hybridized carbons (Fsp3) is 0.222. The minimum Gasteiger partial charge on any atom is -0.477 e. The highest BCUT2D eigenvalue weighted by atomic mass is 16.4. The number of aryl methyl sites for hydroxylation is 2. The van der Waals surface area contributed by atoms with E-state index in [2.05, 4.69) is 10.1 Å². The minimum absolute atomic E-state index is 0.0421. The SMILES string of the molecule is Cc1nn(C)c2nc(C(=O)O)ccc12. The van der Waals surface area contributed by atoms with E-state index in [-0.39, 0.29) is 5.69 Å². The van der Waals surface area contributed by atoms with Gasteiger partial charge in [-0.1, -0.05) is 0 Å². The summed E-state index contributed by atoms with van der Waals surface area (Å²) in [5.74, 6) is -1.02. The van der Waals surface area contributed by atoms with Crippen molar-refractivity contribution in [1.82, 2.24) is 14.8 Å². The quantitative estimate of drug-likeness (QED) is 0.729. The Kier molecular flexibility index (Phi) is 1.73. The first-order valence-electron chi connectivity index (χ1n) is 4.13. The zero-order valence-electron chi connectivity index (χ0n) is 7.85. The molecule has 14 heavy (non-hydrogen) atoms. The van der Waals surface area contributed by atoms with Crippen molar-refractivity contribution in [2.45, 2.75) is 6.92 Å². The van der Waals surface area contributed by atoms with Gasteiger partial charge in [0.15, 0.2) is 11.3 Å². The van der Waals surface area contributed by atoms with Gasteiger partial charge in [0, 0.05) is 12.4 Å². The molecule has 0 atom stereocenters. The second kappa shape index (κ2) is 2.80. The summed E-state index contributed by atoms with van der Waals surface area (Å²) in [5.41, 5.74) is 1.50. The van der Waals surface area contributed by atoms with Gasteiger partial charge in [-0.25, -0.2) is 9.78 Å². The van der Waals surface area contributed by atoms with Crippen molar-refractivity contribution >= 4 is 17.0 Å². The molecule has 0 aliphatic rings. The van der Waals surface area contributed by atoms with Crippen molar-refractivity contribution in [3.63, 3.8) is 0 Å². The van der Waals surface area contributed by atoms with Gasteiger partial charge >= 0.3 is 5.97 Å². The highest BCUT2D eigenvalue weighted by Crippen LogP contribution is 2.15. The van der Waals surface area contributed by atoms with E-state index in [1.165, 1.54) is 6.07 Å². The number of fused-ring (bicyclic) bond motifs is 1. The standard InChI is InChI=1S/C9H9N3O2/c1-5-6-3-4-7(9(13)14)10-8(6)12(2)11-5/h3-4H,1-2H3,(H,13,14). The van der Waals surface area contributed by atoms with E-state index in [0.717, 1.165) is 11.1 Å². The molecule has 2 heterocycles. The maximum Gasteiger partial charge on any atom is 0.354 e. The van der Waals surface area contributed by atoms with Gasteiger partial charge in [-0.05, 0) is 19.1 Å². The van der Waals surface area contributed by atoms with E-state index in [0.29, 0.717) is 5.65 Å². The van der Waals surface area contributed by atoms with Crippen LogP contribution in [0.25, 0.3) is 11.0 Å². The molecule has 0 fully saturated rings. The van der Waals surface area contributed by atoms with Crippen LogP contribution in [0.3, 0.4) is 0 Å². The first-order valence-corrected chi connectivity index (χ1v) is 4.13. The van der Waals surface area contributed by atoms with Crippen LogP contribution in [-0.2, 0) is 7.05 Å². The van der Waals surface area contributed by atoms with E-state index in [1.807, 2.05) is 6.92 Å². The molecule has 2 aromatic heterocycles. The summed E-state index contributed by atoms with van der Waals surface area (Å²) < 4.78 is 1.58. The molecule has 2 rings (SSSR count). The molecule has 0 aliphatic heterocycles. The van der Waals surface area contributed by atoms with Gasteiger partial charge in [0.1, 0.15) is 0 Å². The normalized spacial score (nSPS) is 10.7. The highest BCUT2D eigenvalue weighted by molar-refractivity contribution is 5.89. The third-order valence-corrected chi connectivity index (χ3v) is 2.09. The lowest BCUT2D eigenvalue weighted by Gasteiger charge is -1.95. The molecule has 0 spiro atoms. The largest absolute Gasteiger partial charge is 0.477 e. The minimum atomic E-state index is -1.02. The van der Waals surface area contributed by atoms with Gasteiger partial charge < -0.3 is 5.11 Å². The van der Waals surface area contributed by atoms with Crippen molar-refractivity contribution < 1.29 is 9.90 Å². The van der Waals surface area contributed by atoms with Gasteiger partial charge in [-0.3, -0.25) is 4.68 Å². The monoisotopic (exact) mass is 191 g/mol. The Bertz CT molecular complexity index is 516. The molecule has 5 heteroatoms. The predicted octanol–water partition coefficient (Wildman–Crippen LogP) is 0.975. The van der Waals surface area contributed by atoms with Crippen molar-refractivity contribution in [1.29, 1.82) is 0 Å². The Morgan fingerprint density at radius 2 is 2.21 bits per heavy atom. The van der Waals surface area contributed by atoms with Crippen molar-refractivity contribution in [3.05, 3.63) is 23.5 Å². The molecule has 0 aromatic carbocycles. The summed E-state index contributed by atoms with van der Waals surface area (Å²) in [5, 5.41) is 13.8. The van der Waals surface area contributed by atoms with E-state index in [1.54, 1.807) is 17.8 Å². The van der Waals surface area contributed by atoms with Gasteiger partial charge in [0.25, 0.3) is 0 Å². The number of pyridine rings is 1. The molecule has 0 saturated carbocycles. The van der Waals surface area contributed by atoms with Gasteiger partial charge in [-0.2, -0.15) is 5.10 Å². The zero-order valence-corrected chi connectivity index (χ0v) is 7.85. The number of hydrogen-bond acceptors (Lipinski definition) is 3. The van der Waals surface area contributed by atoms with Gasteiger partial charge in [0.2, 0.25) is 0 Å². The molecule has 0 radical (unpaired) electrons. The Morgan fingerprint density at radius 3 is 2.86 bits per heavy atom. The molecule has 2 aromatic rings. The average molecular weight is 191 g/mol. The lowest BCUT2D eigenvalue weighted by molar-refractivity contribution is 0.0691. The van der Waals surface area contributed by atoms with Crippen molar-refractivity contribution in [2.75, 3.05) is 0 Å². The van der Waals surface area contributed by atoms with Crippen LogP contribution in [0.15, 0.2) is 12.1 Å². The first kappa shape index (κ1) is 8.68. The van der Waals surface area contributed by atoms with Crippen LogP contribution in [-0.4, -0.2) is 25.8 Å². The Morgan fingerprint density at radius 1 is 1.50 bits per heavy atom. The van der Waals surface area contributed by atoms with Crippen LogP contribution >= 0.6 is 0 Å². The smallest absolute Gasteiger partial charge is 0.354 e. The second-order valence-corrected chi connectivity index (χ2v) is 3.08. The van der Waals surface area contributed by atoms with Crippen LogP contribution < -0.4 is 0 Å². The second-order valence-electron chi connectivity index (χ2n) is 3.08. The molecular weight excluding hydrogens is 182 g/mol. The third kappa shape index (κ3) is 1.14. The molecular formula is C9H9N3O2. The van der Waals surface area contributed by atoms with Crippen LogP contribution in [0.1, 0.15) is 16.2 Å². The molecule has 0 aliphatic carbocycles. The van der Waals surface area contributed by atoms with Gasteiger partial charge in [0.05, 0.1) is 5.69 Å². The molecule has 0 unspecified atom stereocenters. The third-order valence-electron chi connectivity index (χ3n) is 2.09. The van der Waals surface area contributed by atoms with Crippen LogP contribution in [0.5, 0.6) is 0 Å². The summed E-state index contributed by atoms with van der Waals surface area (Å²) in [6, 6.07) is 3.22. The van der Waals surface area contributed by atoms with Crippen molar-refractivity contribution in [2.24, 2.45) is 7.05 Å². The maximum atomic E-state index is 10.7. The zero-order chi connectivity index (χ0) is 10.3. The topological polar surface area (TPSA) is 68.0 Å². The Labute approximate surface area is 80.0 Å². The molecule has 72 valence electrons. The van der Waals surface area contributed by atoms with Crippen LogP contribution in [0, 0.1) is 6.92 Å². The van der Waals surface area contributed by atoms with Crippen molar-refractivity contribution in [3.8, 4) is 0 Å². The number of carboxylic acid groups (broad SMARTS) is 1. The molecule has 0 saturated heterocycles. The van der Waals surface area contributed by atoms with E-state index >= 15 is 0 Å². The lowest BCUT2D eigenvalue weighted by Crippen LogP contribution is -2.01.